The molecule has 2 nitrogen and oxygen atoms in total. The van der Waals surface area contributed by atoms with Crippen LogP contribution >= 0.6 is 18.0 Å². The summed E-state index contributed by atoms with van der Waals surface area (Å²) in [6.07, 6.45) is 2.50. The van der Waals surface area contributed by atoms with Crippen molar-refractivity contribution in [1.29, 1.82) is 0 Å². The Morgan fingerprint density at radius 1 is 1.43 bits per heavy atom. The lowest BCUT2D eigenvalue weighted by molar-refractivity contribution is 0.501. The second-order valence-electron chi connectivity index (χ2n) is 3.10. The van der Waals surface area contributed by atoms with Gasteiger partial charge in [-0.15, -0.1) is 0 Å². The van der Waals surface area contributed by atoms with E-state index in [1.54, 1.807) is 6.07 Å². The van der Waals surface area contributed by atoms with Crippen molar-refractivity contribution < 1.29 is 9.09 Å². The highest BCUT2D eigenvalue weighted by molar-refractivity contribution is 7.89. The van der Waals surface area contributed by atoms with Crippen LogP contribution in [0.2, 0.25) is 0 Å². The third-order valence-electron chi connectivity index (χ3n) is 2.16. The van der Waals surface area contributed by atoms with Gasteiger partial charge in [-0.2, -0.15) is 0 Å². The minimum atomic E-state index is -3.10. The summed E-state index contributed by atoms with van der Waals surface area (Å²) in [6.45, 7) is -1.18. The largest absolute Gasteiger partial charge is 0.429 e. The second kappa shape index (κ2) is 3.45. The van der Waals surface area contributed by atoms with E-state index in [0.29, 0.717) is 17.5 Å². The number of benzene rings is 1. The first-order valence-corrected chi connectivity index (χ1v) is 6.96. The fourth-order valence-electron chi connectivity index (χ4n) is 1.42. The molecule has 0 bridgehead atoms. The topological polar surface area (TPSA) is 26.3 Å². The van der Waals surface area contributed by atoms with Crippen molar-refractivity contribution in [1.82, 2.24) is 0 Å². The van der Waals surface area contributed by atoms with E-state index in [-0.39, 0.29) is 0 Å². The summed E-state index contributed by atoms with van der Waals surface area (Å²) < 4.78 is 17.1. The molecular formula is C10H10ClO2P. The molecule has 0 aromatic heterocycles. The maximum absolute atomic E-state index is 11.8. The van der Waals surface area contributed by atoms with Gasteiger partial charge in [0.2, 0.25) is 0 Å². The van der Waals surface area contributed by atoms with Crippen LogP contribution in [0.3, 0.4) is 0 Å². The minimum absolute atomic E-state index is 0.600. The number of rotatable bonds is 1. The van der Waals surface area contributed by atoms with E-state index in [0.717, 1.165) is 5.56 Å². The Labute approximate surface area is 87.8 Å². The van der Waals surface area contributed by atoms with E-state index in [2.05, 4.69) is 0 Å². The number of fused-ring (bicyclic) bond motifs is 1. The molecule has 1 aliphatic heterocycles. The quantitative estimate of drug-likeness (QED) is 0.672. The number of hydrogen-bond acceptors (Lipinski definition) is 2. The lowest BCUT2D eigenvalue weighted by atomic mass is 10.2. The number of halogens is 1. The lowest BCUT2D eigenvalue weighted by Crippen LogP contribution is -1.97. The van der Waals surface area contributed by atoms with Gasteiger partial charge >= 0.3 is 6.72 Å². The van der Waals surface area contributed by atoms with E-state index in [9.17, 15) is 4.57 Å². The predicted molar refractivity (Wildman–Crippen MR) is 58.8 cm³/mol. The fourth-order valence-corrected chi connectivity index (χ4v) is 3.35. The molecule has 0 aliphatic carbocycles. The molecule has 0 fully saturated rings. The molecule has 4 heteroatoms. The zero-order valence-electron chi connectivity index (χ0n) is 7.74. The molecule has 0 radical (unpaired) electrons. The predicted octanol–water partition coefficient (Wildman–Crippen LogP) is 4.26. The first-order valence-electron chi connectivity index (χ1n) is 4.43. The minimum Gasteiger partial charge on any atom is -0.429 e. The van der Waals surface area contributed by atoms with E-state index < -0.39 is 6.72 Å². The molecule has 1 atom stereocenters. The summed E-state index contributed by atoms with van der Waals surface area (Å²) in [5.41, 5.74) is 0.941. The Bertz CT molecular complexity index is 440. The van der Waals surface area contributed by atoms with Crippen LogP contribution < -0.4 is 4.52 Å². The molecule has 0 amide bonds. The maximum Gasteiger partial charge on any atom is 0.362 e. The zero-order valence-corrected chi connectivity index (χ0v) is 9.39. The van der Waals surface area contributed by atoms with Crippen LogP contribution in [0.5, 0.6) is 5.75 Å². The van der Waals surface area contributed by atoms with Gasteiger partial charge in [0.05, 0.1) is 0 Å². The van der Waals surface area contributed by atoms with Crippen molar-refractivity contribution in [3.05, 3.63) is 35.1 Å². The van der Waals surface area contributed by atoms with Gasteiger partial charge in [0, 0.05) is 10.9 Å². The van der Waals surface area contributed by atoms with Gasteiger partial charge < -0.3 is 4.52 Å². The van der Waals surface area contributed by atoms with Gasteiger partial charge in [0.15, 0.2) is 0 Å². The Kier molecular flexibility index (Phi) is 2.42. The number of allylic oxidation sites excluding steroid dienone is 1. The highest BCUT2D eigenvalue weighted by Gasteiger charge is 2.30. The molecule has 1 aromatic rings. The Morgan fingerprint density at radius 2 is 2.14 bits per heavy atom. The highest BCUT2D eigenvalue weighted by Crippen LogP contribution is 2.63. The van der Waals surface area contributed by atoms with Gasteiger partial charge in [-0.25, -0.2) is 0 Å². The molecule has 1 unspecified atom stereocenters. The van der Waals surface area contributed by atoms with Gasteiger partial charge in [-0.1, -0.05) is 25.1 Å². The molecule has 14 heavy (non-hydrogen) atoms. The third-order valence-corrected chi connectivity index (χ3v) is 4.58. The molecule has 0 N–H and O–H groups in total. The van der Waals surface area contributed by atoms with Crippen molar-refractivity contribution >= 4 is 24.0 Å². The van der Waals surface area contributed by atoms with Crippen LogP contribution in [0.1, 0.15) is 18.9 Å². The first kappa shape index (κ1) is 9.82. The molecule has 74 valence electrons. The zero-order chi connectivity index (χ0) is 10.2. The summed E-state index contributed by atoms with van der Waals surface area (Å²) in [5.74, 6) is 0.600. The molecule has 1 heterocycles. The van der Waals surface area contributed by atoms with Crippen molar-refractivity contribution in [3.63, 3.8) is 0 Å². The second-order valence-corrected chi connectivity index (χ2v) is 6.15. The van der Waals surface area contributed by atoms with Crippen LogP contribution in [0, 0.1) is 0 Å². The maximum atomic E-state index is 11.8. The van der Waals surface area contributed by atoms with E-state index >= 15 is 0 Å². The number of hydrogen-bond donors (Lipinski definition) is 0. The summed E-state index contributed by atoms with van der Waals surface area (Å²) in [5, 5.41) is 0.679. The standard InChI is InChI=1S/C10H10ClO2P/c1-2-9-7-8-5-3-4-6-10(8)13-14(9,11)12/h3-7H,2H2,1H3. The highest BCUT2D eigenvalue weighted by atomic mass is 35.7. The van der Waals surface area contributed by atoms with Crippen LogP contribution in [0.15, 0.2) is 29.6 Å². The average Bonchev–Trinajstić information content (AvgIpc) is 2.15. The Morgan fingerprint density at radius 3 is 2.86 bits per heavy atom. The molecule has 2 rings (SSSR count). The van der Waals surface area contributed by atoms with Crippen LogP contribution in [-0.2, 0) is 4.57 Å². The van der Waals surface area contributed by atoms with Crippen molar-refractivity contribution in [2.24, 2.45) is 0 Å². The average molecular weight is 229 g/mol. The van der Waals surface area contributed by atoms with Crippen molar-refractivity contribution in [2.75, 3.05) is 0 Å². The molecule has 0 saturated carbocycles. The SMILES string of the molecule is CCC1=Cc2ccccc2OP1(=O)Cl. The van der Waals surface area contributed by atoms with E-state index in [4.69, 9.17) is 15.8 Å². The van der Waals surface area contributed by atoms with Gasteiger partial charge in [-0.3, -0.25) is 4.57 Å². The Balaban J connectivity index is 2.56. The van der Waals surface area contributed by atoms with Crippen molar-refractivity contribution in [2.45, 2.75) is 13.3 Å². The van der Waals surface area contributed by atoms with Gasteiger partial charge in [0.25, 0.3) is 0 Å². The summed E-state index contributed by atoms with van der Waals surface area (Å²) >= 11 is 5.83. The Hall–Kier alpha value is -0.720. The smallest absolute Gasteiger partial charge is 0.362 e. The summed E-state index contributed by atoms with van der Waals surface area (Å²) in [7, 11) is 0. The summed E-state index contributed by atoms with van der Waals surface area (Å²) in [4.78, 5) is 0. The lowest BCUT2D eigenvalue weighted by Gasteiger charge is -2.21. The fraction of sp³-hybridized carbons (Fsp3) is 0.200. The third kappa shape index (κ3) is 1.60. The molecule has 0 spiro atoms. The van der Waals surface area contributed by atoms with E-state index in [1.165, 1.54) is 0 Å². The monoisotopic (exact) mass is 228 g/mol. The van der Waals surface area contributed by atoms with E-state index in [1.807, 2.05) is 31.2 Å². The molecule has 0 saturated heterocycles. The van der Waals surface area contributed by atoms with Crippen LogP contribution in [0.4, 0.5) is 0 Å². The van der Waals surface area contributed by atoms with Crippen LogP contribution in [0.25, 0.3) is 6.08 Å². The normalized spacial score (nSPS) is 24.9. The first-order chi connectivity index (χ1) is 6.63. The molecular weight excluding hydrogens is 219 g/mol. The molecule has 1 aromatic carbocycles. The number of para-hydroxylation sites is 1. The van der Waals surface area contributed by atoms with Gasteiger partial charge in [0.1, 0.15) is 5.75 Å². The summed E-state index contributed by atoms with van der Waals surface area (Å²) in [6, 6.07) is 7.44. The molecule has 1 aliphatic rings. The van der Waals surface area contributed by atoms with Gasteiger partial charge in [-0.05, 0) is 29.8 Å². The van der Waals surface area contributed by atoms with Crippen molar-refractivity contribution in [3.8, 4) is 5.75 Å². The van der Waals surface area contributed by atoms with Crippen LogP contribution in [-0.4, -0.2) is 0 Å².